The smallest absolute Gasteiger partial charge is 0.335 e. The fourth-order valence-electron chi connectivity index (χ4n) is 2.16. The molecule has 8 heteroatoms. The minimum Gasteiger partial charge on any atom is -0.478 e. The standard InChI is InChI=1S/C12H15FN2O4S/c1-20(18,19)15-6-4-14(5-7-15)11-3-2-9(12(16)17)8-10(11)13/h2-3,8H,4-7H2,1H3,(H,16,17). The number of hydrogen-bond acceptors (Lipinski definition) is 4. The highest BCUT2D eigenvalue weighted by Crippen LogP contribution is 2.22. The van der Waals surface area contributed by atoms with E-state index in [-0.39, 0.29) is 5.56 Å². The molecule has 0 bridgehead atoms. The third-order valence-corrected chi connectivity index (χ3v) is 4.55. The third kappa shape index (κ3) is 3.07. The highest BCUT2D eigenvalue weighted by Gasteiger charge is 2.25. The van der Waals surface area contributed by atoms with Crippen LogP contribution >= 0.6 is 0 Å². The quantitative estimate of drug-likeness (QED) is 0.885. The number of sulfonamides is 1. The number of benzene rings is 1. The van der Waals surface area contributed by atoms with Crippen molar-refractivity contribution in [1.29, 1.82) is 0 Å². The monoisotopic (exact) mass is 302 g/mol. The van der Waals surface area contributed by atoms with E-state index in [0.29, 0.717) is 31.9 Å². The summed E-state index contributed by atoms with van der Waals surface area (Å²) >= 11 is 0. The van der Waals surface area contributed by atoms with Gasteiger partial charge in [0, 0.05) is 26.2 Å². The van der Waals surface area contributed by atoms with Gasteiger partial charge in [0.1, 0.15) is 5.82 Å². The van der Waals surface area contributed by atoms with Crippen molar-refractivity contribution in [3.8, 4) is 0 Å². The van der Waals surface area contributed by atoms with Crippen LogP contribution in [0.3, 0.4) is 0 Å². The molecule has 0 aromatic heterocycles. The molecule has 0 spiro atoms. The van der Waals surface area contributed by atoms with Gasteiger partial charge >= 0.3 is 5.97 Å². The summed E-state index contributed by atoms with van der Waals surface area (Å²) in [5.74, 6) is -1.80. The normalized spacial score (nSPS) is 17.2. The molecule has 1 aliphatic heterocycles. The van der Waals surface area contributed by atoms with E-state index in [0.717, 1.165) is 12.3 Å². The molecule has 0 aliphatic carbocycles. The largest absolute Gasteiger partial charge is 0.478 e. The molecule has 0 radical (unpaired) electrons. The van der Waals surface area contributed by atoms with Crippen molar-refractivity contribution in [3.05, 3.63) is 29.6 Å². The van der Waals surface area contributed by atoms with Crippen LogP contribution in [0.4, 0.5) is 10.1 Å². The zero-order chi connectivity index (χ0) is 14.9. The summed E-state index contributed by atoms with van der Waals surface area (Å²) in [6, 6.07) is 3.72. The molecule has 110 valence electrons. The van der Waals surface area contributed by atoms with Crippen molar-refractivity contribution in [2.75, 3.05) is 37.3 Å². The Kier molecular flexibility index (Phi) is 3.96. The number of nitrogens with zero attached hydrogens (tertiary/aromatic N) is 2. The predicted molar refractivity (Wildman–Crippen MR) is 72.0 cm³/mol. The first-order chi connectivity index (χ1) is 9.29. The number of anilines is 1. The molecule has 1 aromatic carbocycles. The Morgan fingerprint density at radius 2 is 1.85 bits per heavy atom. The summed E-state index contributed by atoms with van der Waals surface area (Å²) in [5, 5.41) is 8.78. The number of rotatable bonds is 3. The van der Waals surface area contributed by atoms with Crippen LogP contribution in [-0.4, -0.2) is 56.2 Å². The SMILES string of the molecule is CS(=O)(=O)N1CCN(c2ccc(C(=O)O)cc2F)CC1. The summed E-state index contributed by atoms with van der Waals surface area (Å²) in [5.41, 5.74) is 0.184. The maximum Gasteiger partial charge on any atom is 0.335 e. The first-order valence-corrected chi connectivity index (χ1v) is 7.87. The third-order valence-electron chi connectivity index (χ3n) is 3.24. The van der Waals surface area contributed by atoms with Crippen LogP contribution in [0.2, 0.25) is 0 Å². The van der Waals surface area contributed by atoms with E-state index in [9.17, 15) is 17.6 Å². The van der Waals surface area contributed by atoms with Crippen molar-refractivity contribution < 1.29 is 22.7 Å². The highest BCUT2D eigenvalue weighted by molar-refractivity contribution is 7.88. The van der Waals surface area contributed by atoms with Gasteiger partial charge in [0.15, 0.2) is 0 Å². The molecule has 2 rings (SSSR count). The lowest BCUT2D eigenvalue weighted by molar-refractivity contribution is 0.0696. The topological polar surface area (TPSA) is 77.9 Å². The van der Waals surface area contributed by atoms with Crippen LogP contribution in [0.5, 0.6) is 0 Å². The van der Waals surface area contributed by atoms with Crippen LogP contribution in [0.15, 0.2) is 18.2 Å². The van der Waals surface area contributed by atoms with Gasteiger partial charge in [-0.15, -0.1) is 0 Å². The van der Waals surface area contributed by atoms with E-state index in [4.69, 9.17) is 5.11 Å². The molecule has 6 nitrogen and oxygen atoms in total. The van der Waals surface area contributed by atoms with Gasteiger partial charge in [0.05, 0.1) is 17.5 Å². The molecule has 20 heavy (non-hydrogen) atoms. The maximum atomic E-state index is 13.9. The van der Waals surface area contributed by atoms with Gasteiger partial charge in [-0.3, -0.25) is 0 Å². The Morgan fingerprint density at radius 1 is 1.25 bits per heavy atom. The van der Waals surface area contributed by atoms with Crippen LogP contribution < -0.4 is 4.90 Å². The summed E-state index contributed by atoms with van der Waals surface area (Å²) < 4.78 is 38.0. The average Bonchev–Trinajstić information content (AvgIpc) is 2.37. The molecule has 1 N–H and O–H groups in total. The Hall–Kier alpha value is -1.67. The molecule has 1 saturated heterocycles. The van der Waals surface area contributed by atoms with Gasteiger partial charge in [-0.2, -0.15) is 4.31 Å². The van der Waals surface area contributed by atoms with Gasteiger partial charge in [0.2, 0.25) is 10.0 Å². The lowest BCUT2D eigenvalue weighted by Crippen LogP contribution is -2.48. The van der Waals surface area contributed by atoms with Gasteiger partial charge in [-0.05, 0) is 18.2 Å². The Labute approximate surface area is 116 Å². The first-order valence-electron chi connectivity index (χ1n) is 6.02. The van der Waals surface area contributed by atoms with Gasteiger partial charge in [0.25, 0.3) is 0 Å². The van der Waals surface area contributed by atoms with E-state index >= 15 is 0 Å². The Balaban J connectivity index is 2.13. The Bertz CT molecular complexity index is 624. The number of carboxylic acids is 1. The minimum absolute atomic E-state index is 0.110. The lowest BCUT2D eigenvalue weighted by atomic mass is 10.1. The van der Waals surface area contributed by atoms with Crippen LogP contribution in [0.25, 0.3) is 0 Å². The van der Waals surface area contributed by atoms with Gasteiger partial charge in [-0.25, -0.2) is 17.6 Å². The van der Waals surface area contributed by atoms with E-state index in [1.165, 1.54) is 16.4 Å². The van der Waals surface area contributed by atoms with Crippen LogP contribution in [-0.2, 0) is 10.0 Å². The highest BCUT2D eigenvalue weighted by atomic mass is 32.2. The van der Waals surface area contributed by atoms with E-state index < -0.39 is 21.8 Å². The number of aromatic carboxylic acids is 1. The molecule has 0 atom stereocenters. The fraction of sp³-hybridized carbons (Fsp3) is 0.417. The summed E-state index contributed by atoms with van der Waals surface area (Å²) in [4.78, 5) is 12.5. The number of carboxylic acid groups (broad SMARTS) is 1. The molecule has 1 fully saturated rings. The molecule has 1 aliphatic rings. The number of piperazine rings is 1. The zero-order valence-electron chi connectivity index (χ0n) is 10.9. The lowest BCUT2D eigenvalue weighted by Gasteiger charge is -2.34. The molecule has 0 saturated carbocycles. The molecule has 1 aromatic rings. The van der Waals surface area contributed by atoms with E-state index in [1.54, 1.807) is 4.90 Å². The second kappa shape index (κ2) is 5.37. The number of carbonyl (C=O) groups is 1. The second-order valence-corrected chi connectivity index (χ2v) is 6.60. The molecular formula is C12H15FN2O4S. The van der Waals surface area contributed by atoms with Crippen molar-refractivity contribution in [1.82, 2.24) is 4.31 Å². The van der Waals surface area contributed by atoms with Crippen molar-refractivity contribution >= 4 is 21.7 Å². The van der Waals surface area contributed by atoms with E-state index in [2.05, 4.69) is 0 Å². The summed E-state index contributed by atoms with van der Waals surface area (Å²) in [7, 11) is -3.22. The Morgan fingerprint density at radius 3 is 2.30 bits per heavy atom. The average molecular weight is 302 g/mol. The van der Waals surface area contributed by atoms with E-state index in [1.807, 2.05) is 0 Å². The zero-order valence-corrected chi connectivity index (χ0v) is 11.7. The first kappa shape index (κ1) is 14.7. The molecule has 1 heterocycles. The summed E-state index contributed by atoms with van der Waals surface area (Å²) in [6.07, 6.45) is 1.14. The number of hydrogen-bond donors (Lipinski definition) is 1. The van der Waals surface area contributed by atoms with Crippen LogP contribution in [0.1, 0.15) is 10.4 Å². The maximum absolute atomic E-state index is 13.9. The minimum atomic E-state index is -3.22. The van der Waals surface area contributed by atoms with Gasteiger partial charge < -0.3 is 10.0 Å². The molecular weight excluding hydrogens is 287 g/mol. The van der Waals surface area contributed by atoms with Crippen molar-refractivity contribution in [2.24, 2.45) is 0 Å². The predicted octanol–water partition coefficient (Wildman–Crippen LogP) is 0.606. The molecule has 0 unspecified atom stereocenters. The van der Waals surface area contributed by atoms with Crippen LogP contribution in [0, 0.1) is 5.82 Å². The summed E-state index contributed by atoms with van der Waals surface area (Å²) in [6.45, 7) is 1.32. The van der Waals surface area contributed by atoms with Crippen molar-refractivity contribution in [3.63, 3.8) is 0 Å². The fourth-order valence-corrected chi connectivity index (χ4v) is 2.98. The van der Waals surface area contributed by atoms with Gasteiger partial charge in [-0.1, -0.05) is 0 Å². The molecule has 0 amide bonds. The number of halogens is 1. The van der Waals surface area contributed by atoms with Crippen molar-refractivity contribution in [2.45, 2.75) is 0 Å². The second-order valence-electron chi connectivity index (χ2n) is 4.62.